The minimum atomic E-state index is -4.13. The lowest BCUT2D eigenvalue weighted by Gasteiger charge is -2.19. The summed E-state index contributed by atoms with van der Waals surface area (Å²) < 4.78 is 73.6. The van der Waals surface area contributed by atoms with E-state index in [0.29, 0.717) is 6.20 Å². The van der Waals surface area contributed by atoms with Crippen LogP contribution in [0.5, 0.6) is 11.5 Å². The summed E-state index contributed by atoms with van der Waals surface area (Å²) in [4.78, 5) is 7.07. The van der Waals surface area contributed by atoms with Gasteiger partial charge in [-0.05, 0) is 0 Å². The topological polar surface area (TPSA) is 79.0 Å². The predicted molar refractivity (Wildman–Crippen MR) is 76.8 cm³/mol. The first kappa shape index (κ1) is 18.0. The molecule has 26 heavy (non-hydrogen) atoms. The number of alkyl halides is 5. The summed E-state index contributed by atoms with van der Waals surface area (Å²) in [5, 5.41) is 18.6. The van der Waals surface area contributed by atoms with Crippen molar-refractivity contribution in [2.24, 2.45) is 0 Å². The number of hydrogen-bond donors (Lipinski definition) is 1. The maximum Gasteiger partial charge on any atom is 0.317 e. The van der Waals surface area contributed by atoms with Gasteiger partial charge >= 0.3 is 5.92 Å². The number of hydrogen-bond acceptors (Lipinski definition) is 5. The van der Waals surface area contributed by atoms with E-state index < -0.39 is 53.6 Å². The quantitative estimate of drug-likeness (QED) is 0.831. The van der Waals surface area contributed by atoms with Crippen molar-refractivity contribution in [3.05, 3.63) is 47.0 Å². The zero-order valence-electron chi connectivity index (χ0n) is 12.8. The lowest BCUT2D eigenvalue weighted by Crippen LogP contribution is -2.22. The van der Waals surface area contributed by atoms with E-state index in [1.54, 1.807) is 6.07 Å². The molecule has 10 heteroatoms. The van der Waals surface area contributed by atoms with Gasteiger partial charge in [-0.15, -0.1) is 0 Å². The number of ether oxygens (including phenoxy) is 1. The molecule has 0 fully saturated rings. The fourth-order valence-electron chi connectivity index (χ4n) is 2.68. The Kier molecular flexibility index (Phi) is 4.50. The van der Waals surface area contributed by atoms with E-state index in [-0.39, 0.29) is 11.3 Å². The second-order valence-electron chi connectivity index (χ2n) is 5.55. The molecule has 3 rings (SSSR count). The molecule has 0 aliphatic heterocycles. The number of aliphatic hydroxyl groups is 1. The summed E-state index contributed by atoms with van der Waals surface area (Å²) in [6.45, 7) is -2.15. The average Bonchev–Trinajstić information content (AvgIpc) is 2.87. The summed E-state index contributed by atoms with van der Waals surface area (Å²) in [5.74, 6) is -4.63. The Hall–Kier alpha value is -2.80. The van der Waals surface area contributed by atoms with Crippen LogP contribution in [0.25, 0.3) is 0 Å². The van der Waals surface area contributed by atoms with Crippen molar-refractivity contribution in [1.82, 2.24) is 9.97 Å². The largest absolute Gasteiger partial charge is 0.454 e. The highest BCUT2D eigenvalue weighted by Gasteiger charge is 2.49. The zero-order chi connectivity index (χ0) is 19.1. The summed E-state index contributed by atoms with van der Waals surface area (Å²) in [6.07, 6.45) is -4.18. The number of aromatic nitrogens is 2. The first-order chi connectivity index (χ1) is 12.3. The molecule has 2 aromatic rings. The maximum atomic E-state index is 14.3. The van der Waals surface area contributed by atoms with Crippen LogP contribution in [0.1, 0.15) is 34.7 Å². The van der Waals surface area contributed by atoms with Crippen molar-refractivity contribution in [2.75, 3.05) is 6.67 Å². The van der Waals surface area contributed by atoms with Gasteiger partial charge in [0.2, 0.25) is 0 Å². The Bertz CT molecular complexity index is 887. The fourth-order valence-corrected chi connectivity index (χ4v) is 2.68. The van der Waals surface area contributed by atoms with Crippen LogP contribution < -0.4 is 4.74 Å². The Morgan fingerprint density at radius 1 is 1.23 bits per heavy atom. The Morgan fingerprint density at radius 3 is 2.62 bits per heavy atom. The molecule has 1 N–H and O–H groups in total. The van der Waals surface area contributed by atoms with Crippen LogP contribution in [0.3, 0.4) is 0 Å². The monoisotopic (exact) mass is 371 g/mol. The number of halogens is 5. The smallest absolute Gasteiger partial charge is 0.317 e. The third kappa shape index (κ3) is 2.84. The second kappa shape index (κ2) is 6.49. The van der Waals surface area contributed by atoms with Gasteiger partial charge in [-0.25, -0.2) is 13.2 Å². The molecule has 0 amide bonds. The molecule has 2 aromatic heterocycles. The lowest BCUT2D eigenvalue weighted by atomic mass is 10.0. The van der Waals surface area contributed by atoms with Gasteiger partial charge < -0.3 is 9.84 Å². The number of aliphatic hydroxyl groups excluding tert-OH is 1. The summed E-state index contributed by atoms with van der Waals surface area (Å²) in [5.41, 5.74) is -2.66. The molecular formula is C16H10F5N3O2. The first-order valence-electron chi connectivity index (χ1n) is 7.26. The van der Waals surface area contributed by atoms with E-state index in [1.807, 2.05) is 0 Å². The molecule has 0 spiro atoms. The highest BCUT2D eigenvalue weighted by molar-refractivity contribution is 5.51. The van der Waals surface area contributed by atoms with Crippen molar-refractivity contribution in [1.29, 1.82) is 5.26 Å². The summed E-state index contributed by atoms with van der Waals surface area (Å²) in [7, 11) is 0. The second-order valence-corrected chi connectivity index (χ2v) is 5.55. The van der Waals surface area contributed by atoms with Gasteiger partial charge in [0.25, 0.3) is 0 Å². The summed E-state index contributed by atoms with van der Waals surface area (Å²) >= 11 is 0. The average molecular weight is 371 g/mol. The predicted octanol–water partition coefficient (Wildman–Crippen LogP) is 3.60. The number of rotatable bonds is 4. The van der Waals surface area contributed by atoms with Gasteiger partial charge in [-0.1, -0.05) is 0 Å². The standard InChI is InChI=1S/C16H10F5N3O2/c17-6-16(20,21)15-11-10(12(18)13(19)14(11)25)9(5-24-15)26-8-1-7(2-22)3-23-4-8/h1,3-5,12-14,25H,6H2/t12-,13-,14+/m1/s1. The molecule has 5 nitrogen and oxygen atoms in total. The number of fused-ring (bicyclic) bond motifs is 1. The van der Waals surface area contributed by atoms with Gasteiger partial charge in [-0.3, -0.25) is 9.97 Å². The van der Waals surface area contributed by atoms with Gasteiger partial charge in [0.05, 0.1) is 18.0 Å². The molecule has 136 valence electrons. The lowest BCUT2D eigenvalue weighted by molar-refractivity contribution is -0.0361. The van der Waals surface area contributed by atoms with Crippen LogP contribution in [-0.4, -0.2) is 27.9 Å². The maximum absolute atomic E-state index is 14.3. The molecule has 1 aliphatic rings. The molecule has 0 aromatic carbocycles. The molecule has 0 bridgehead atoms. The van der Waals surface area contributed by atoms with Gasteiger partial charge in [0.1, 0.15) is 23.6 Å². The summed E-state index contributed by atoms with van der Waals surface area (Å²) in [6, 6.07) is 3.02. The van der Waals surface area contributed by atoms with Crippen molar-refractivity contribution in [2.45, 2.75) is 24.4 Å². The third-order valence-corrected chi connectivity index (χ3v) is 3.86. The van der Waals surface area contributed by atoms with Crippen molar-refractivity contribution in [3.8, 4) is 17.6 Å². The van der Waals surface area contributed by atoms with E-state index in [9.17, 15) is 27.1 Å². The molecular weight excluding hydrogens is 361 g/mol. The Balaban J connectivity index is 2.13. The van der Waals surface area contributed by atoms with Crippen molar-refractivity contribution < 1.29 is 31.8 Å². The molecule has 0 saturated heterocycles. The Labute approximate surface area is 143 Å². The SMILES string of the molecule is N#Cc1cncc(Oc2cnc(C(F)(F)CF)c3c2[C@@H](F)[C@@H](F)[C@H]3O)c1. The minimum absolute atomic E-state index is 0.0537. The molecule has 0 saturated carbocycles. The molecule has 3 atom stereocenters. The number of pyridine rings is 2. The van der Waals surface area contributed by atoms with E-state index in [0.717, 1.165) is 6.20 Å². The van der Waals surface area contributed by atoms with Crippen LogP contribution in [0, 0.1) is 11.3 Å². The highest BCUT2D eigenvalue weighted by atomic mass is 19.3. The number of nitriles is 1. The molecule has 1 aliphatic carbocycles. The van der Waals surface area contributed by atoms with Crippen LogP contribution in [0.4, 0.5) is 22.0 Å². The third-order valence-electron chi connectivity index (χ3n) is 3.86. The zero-order valence-corrected chi connectivity index (χ0v) is 12.8. The number of nitrogens with zero attached hydrogens (tertiary/aromatic N) is 3. The van der Waals surface area contributed by atoms with Gasteiger partial charge in [0, 0.05) is 23.4 Å². The van der Waals surface area contributed by atoms with Gasteiger partial charge in [0.15, 0.2) is 24.8 Å². The Morgan fingerprint density at radius 2 is 1.96 bits per heavy atom. The molecule has 0 radical (unpaired) electrons. The van der Waals surface area contributed by atoms with Crippen LogP contribution >= 0.6 is 0 Å². The highest BCUT2D eigenvalue weighted by Crippen LogP contribution is 2.51. The van der Waals surface area contributed by atoms with E-state index in [2.05, 4.69) is 9.97 Å². The first-order valence-corrected chi connectivity index (χ1v) is 7.26. The fraction of sp³-hybridized carbons (Fsp3) is 0.312. The van der Waals surface area contributed by atoms with Crippen LogP contribution in [0.15, 0.2) is 24.7 Å². The molecule has 2 heterocycles. The van der Waals surface area contributed by atoms with E-state index in [1.165, 1.54) is 12.3 Å². The van der Waals surface area contributed by atoms with Crippen LogP contribution in [0.2, 0.25) is 0 Å². The normalized spacial score (nSPS) is 22.0. The van der Waals surface area contributed by atoms with Crippen LogP contribution in [-0.2, 0) is 5.92 Å². The van der Waals surface area contributed by atoms with Crippen molar-refractivity contribution in [3.63, 3.8) is 0 Å². The van der Waals surface area contributed by atoms with Crippen molar-refractivity contribution >= 4 is 0 Å². The van der Waals surface area contributed by atoms with E-state index in [4.69, 9.17) is 10.00 Å². The van der Waals surface area contributed by atoms with E-state index >= 15 is 0 Å². The minimum Gasteiger partial charge on any atom is -0.454 e. The molecule has 0 unspecified atom stereocenters. The van der Waals surface area contributed by atoms with Gasteiger partial charge in [-0.2, -0.15) is 14.0 Å².